The van der Waals surface area contributed by atoms with Crippen LogP contribution in [0, 0.1) is 11.8 Å². The van der Waals surface area contributed by atoms with Gasteiger partial charge in [0.2, 0.25) is 17.7 Å². The minimum absolute atomic E-state index is 0.0400. The summed E-state index contributed by atoms with van der Waals surface area (Å²) in [6.45, 7) is 5.91. The average Bonchev–Trinajstić information content (AvgIpc) is 2.91. The number of anilines is 1. The summed E-state index contributed by atoms with van der Waals surface area (Å²) in [4.78, 5) is 29.4. The van der Waals surface area contributed by atoms with Crippen molar-refractivity contribution in [3.63, 3.8) is 0 Å². The minimum atomic E-state index is -0.306. The van der Waals surface area contributed by atoms with Gasteiger partial charge < -0.3 is 16.0 Å². The van der Waals surface area contributed by atoms with Crippen LogP contribution in [0.3, 0.4) is 0 Å². The van der Waals surface area contributed by atoms with Crippen molar-refractivity contribution in [1.29, 1.82) is 0 Å². The van der Waals surface area contributed by atoms with Gasteiger partial charge in [0, 0.05) is 25.6 Å². The number of rotatable bonds is 4. The van der Waals surface area contributed by atoms with Crippen LogP contribution in [0.15, 0.2) is 0 Å². The van der Waals surface area contributed by atoms with E-state index in [1.165, 1.54) is 0 Å². The zero-order chi connectivity index (χ0) is 15.4. The summed E-state index contributed by atoms with van der Waals surface area (Å²) in [6.07, 6.45) is 1.80. The van der Waals surface area contributed by atoms with Gasteiger partial charge in [0.1, 0.15) is 0 Å². The van der Waals surface area contributed by atoms with Crippen LogP contribution >= 0.6 is 0 Å². The number of amides is 2. The number of nitrogens with one attached hydrogen (secondary N) is 2. The van der Waals surface area contributed by atoms with Crippen molar-refractivity contribution in [3.05, 3.63) is 5.82 Å². The molecule has 0 atom stereocenters. The topological polar surface area (TPSA) is 117 Å². The van der Waals surface area contributed by atoms with Gasteiger partial charge in [-0.15, -0.1) is 5.10 Å². The van der Waals surface area contributed by atoms with Crippen molar-refractivity contribution in [2.24, 2.45) is 11.8 Å². The lowest BCUT2D eigenvalue weighted by molar-refractivity contribution is -0.135. The van der Waals surface area contributed by atoms with Crippen molar-refractivity contribution in [1.82, 2.24) is 25.4 Å². The Morgan fingerprint density at radius 2 is 2.10 bits per heavy atom. The van der Waals surface area contributed by atoms with Gasteiger partial charge >= 0.3 is 0 Å². The standard InChI is InChI=1S/C13H22N6O2/c1-8(2)12(21)19-5-3-9(4-6-19)7-15-11(20)10-16-13(14)18-17-10/h8-9H,3-7H2,1-2H3,(H,15,20)(H3,14,16,17,18). The molecule has 0 unspecified atom stereocenters. The zero-order valence-corrected chi connectivity index (χ0v) is 12.4. The normalized spacial score (nSPS) is 16.2. The number of nitrogens with zero attached hydrogens (tertiary/aromatic N) is 3. The molecule has 1 saturated heterocycles. The SMILES string of the molecule is CC(C)C(=O)N1CCC(CNC(=O)c2nc(N)n[nH]2)CC1. The van der Waals surface area contributed by atoms with E-state index in [0.717, 1.165) is 25.9 Å². The molecule has 2 amide bonds. The van der Waals surface area contributed by atoms with Crippen LogP contribution in [0.2, 0.25) is 0 Å². The number of piperidine rings is 1. The van der Waals surface area contributed by atoms with Crippen molar-refractivity contribution >= 4 is 17.8 Å². The van der Waals surface area contributed by atoms with Gasteiger partial charge in [0.15, 0.2) is 0 Å². The van der Waals surface area contributed by atoms with E-state index in [0.29, 0.717) is 12.5 Å². The molecule has 4 N–H and O–H groups in total. The number of nitrogen functional groups attached to an aromatic ring is 1. The number of carbonyl (C=O) groups excluding carboxylic acids is 2. The third-order valence-corrected chi connectivity index (χ3v) is 3.69. The van der Waals surface area contributed by atoms with E-state index in [4.69, 9.17) is 5.73 Å². The maximum absolute atomic E-state index is 11.9. The van der Waals surface area contributed by atoms with Crippen LogP contribution in [0.1, 0.15) is 37.3 Å². The molecule has 8 nitrogen and oxygen atoms in total. The van der Waals surface area contributed by atoms with Crippen molar-refractivity contribution in [2.75, 3.05) is 25.4 Å². The van der Waals surface area contributed by atoms with Crippen LogP contribution in [0.25, 0.3) is 0 Å². The third kappa shape index (κ3) is 3.93. The minimum Gasteiger partial charge on any atom is -0.366 e. The van der Waals surface area contributed by atoms with Gasteiger partial charge in [-0.05, 0) is 18.8 Å². The van der Waals surface area contributed by atoms with Gasteiger partial charge in [-0.2, -0.15) is 4.98 Å². The Morgan fingerprint density at radius 3 is 2.62 bits per heavy atom. The molecule has 2 rings (SSSR count). The lowest BCUT2D eigenvalue weighted by atomic mass is 9.96. The number of H-pyrrole nitrogens is 1. The molecule has 2 heterocycles. The number of nitrogens with two attached hydrogens (primary N) is 1. The van der Waals surface area contributed by atoms with Crippen LogP contribution in [-0.4, -0.2) is 51.5 Å². The van der Waals surface area contributed by atoms with Crippen LogP contribution < -0.4 is 11.1 Å². The maximum atomic E-state index is 11.9. The van der Waals surface area contributed by atoms with Gasteiger partial charge in [-0.1, -0.05) is 13.8 Å². The molecule has 0 aromatic carbocycles. The van der Waals surface area contributed by atoms with Gasteiger partial charge in [0.05, 0.1) is 0 Å². The first kappa shape index (κ1) is 15.3. The number of aromatic nitrogens is 3. The first-order chi connectivity index (χ1) is 9.97. The maximum Gasteiger partial charge on any atom is 0.288 e. The highest BCUT2D eigenvalue weighted by molar-refractivity contribution is 5.90. The summed E-state index contributed by atoms with van der Waals surface area (Å²) in [5, 5.41) is 8.91. The van der Waals surface area contributed by atoms with E-state index in [1.807, 2.05) is 18.7 Å². The summed E-state index contributed by atoms with van der Waals surface area (Å²) in [7, 11) is 0. The quantitative estimate of drug-likeness (QED) is 0.723. The summed E-state index contributed by atoms with van der Waals surface area (Å²) in [6, 6.07) is 0. The second-order valence-electron chi connectivity index (χ2n) is 5.68. The molecule has 0 bridgehead atoms. The fourth-order valence-corrected chi connectivity index (χ4v) is 2.42. The molecule has 1 aliphatic heterocycles. The van der Waals surface area contributed by atoms with Crippen LogP contribution in [0.4, 0.5) is 5.95 Å². The van der Waals surface area contributed by atoms with Crippen LogP contribution in [-0.2, 0) is 4.79 Å². The predicted molar refractivity (Wildman–Crippen MR) is 77.3 cm³/mol. The van der Waals surface area contributed by atoms with E-state index < -0.39 is 0 Å². The Morgan fingerprint density at radius 1 is 1.43 bits per heavy atom. The highest BCUT2D eigenvalue weighted by Crippen LogP contribution is 2.18. The number of aromatic amines is 1. The molecule has 21 heavy (non-hydrogen) atoms. The predicted octanol–water partition coefficient (Wildman–Crippen LogP) is 0.0113. The summed E-state index contributed by atoms with van der Waals surface area (Å²) in [5.74, 6) is 0.499. The highest BCUT2D eigenvalue weighted by Gasteiger charge is 2.24. The molecule has 0 aliphatic carbocycles. The molecule has 1 fully saturated rings. The molecule has 0 radical (unpaired) electrons. The Balaban J connectivity index is 1.74. The Bertz CT molecular complexity index is 505. The molecule has 1 aromatic rings. The lowest BCUT2D eigenvalue weighted by Gasteiger charge is -2.33. The van der Waals surface area contributed by atoms with Crippen LogP contribution in [0.5, 0.6) is 0 Å². The largest absolute Gasteiger partial charge is 0.366 e. The zero-order valence-electron chi connectivity index (χ0n) is 12.4. The van der Waals surface area contributed by atoms with E-state index >= 15 is 0 Å². The van der Waals surface area contributed by atoms with Crippen molar-refractivity contribution in [3.8, 4) is 0 Å². The molecule has 8 heteroatoms. The van der Waals surface area contributed by atoms with E-state index in [9.17, 15) is 9.59 Å². The summed E-state index contributed by atoms with van der Waals surface area (Å²) in [5.41, 5.74) is 5.35. The smallest absolute Gasteiger partial charge is 0.288 e. The fourth-order valence-electron chi connectivity index (χ4n) is 2.42. The highest BCUT2D eigenvalue weighted by atomic mass is 16.2. The number of hydrogen-bond acceptors (Lipinski definition) is 5. The first-order valence-electron chi connectivity index (χ1n) is 7.22. The average molecular weight is 294 g/mol. The Hall–Kier alpha value is -2.12. The Kier molecular flexibility index (Phi) is 4.77. The van der Waals surface area contributed by atoms with Gasteiger partial charge in [-0.3, -0.25) is 14.7 Å². The second kappa shape index (κ2) is 6.55. The van der Waals surface area contributed by atoms with Gasteiger partial charge in [0.25, 0.3) is 5.91 Å². The molecule has 116 valence electrons. The molecular weight excluding hydrogens is 272 g/mol. The van der Waals surface area contributed by atoms with E-state index in [2.05, 4.69) is 20.5 Å². The molecule has 1 aliphatic rings. The molecule has 0 saturated carbocycles. The van der Waals surface area contributed by atoms with E-state index in [-0.39, 0.29) is 29.5 Å². The molecular formula is C13H22N6O2. The first-order valence-corrected chi connectivity index (χ1v) is 7.22. The number of likely N-dealkylation sites (tertiary alicyclic amines) is 1. The third-order valence-electron chi connectivity index (χ3n) is 3.69. The fraction of sp³-hybridized carbons (Fsp3) is 0.692. The summed E-state index contributed by atoms with van der Waals surface area (Å²) >= 11 is 0. The molecule has 1 aromatic heterocycles. The monoisotopic (exact) mass is 294 g/mol. The number of hydrogen-bond donors (Lipinski definition) is 3. The Labute approximate surface area is 123 Å². The summed E-state index contributed by atoms with van der Waals surface area (Å²) < 4.78 is 0. The van der Waals surface area contributed by atoms with E-state index in [1.54, 1.807) is 0 Å². The van der Waals surface area contributed by atoms with Crippen molar-refractivity contribution in [2.45, 2.75) is 26.7 Å². The lowest BCUT2D eigenvalue weighted by Crippen LogP contribution is -2.43. The van der Waals surface area contributed by atoms with Crippen molar-refractivity contribution < 1.29 is 9.59 Å². The second-order valence-corrected chi connectivity index (χ2v) is 5.68. The number of carbonyl (C=O) groups is 2. The van der Waals surface area contributed by atoms with Gasteiger partial charge in [-0.25, -0.2) is 0 Å². The molecule has 0 spiro atoms.